The molecule has 0 heterocycles. The van der Waals surface area contributed by atoms with E-state index in [1.165, 1.54) is 6.07 Å². The Morgan fingerprint density at radius 2 is 1.85 bits per heavy atom. The molecule has 0 aliphatic heterocycles. The fraction of sp³-hybridized carbons (Fsp3) is 0.200. The molecule has 2 aromatic carbocycles. The number of alkyl halides is 3. The molecule has 2 nitrogen and oxygen atoms in total. The average molecular weight is 282 g/mol. The zero-order valence-corrected chi connectivity index (χ0v) is 10.7. The van der Waals surface area contributed by atoms with Crippen LogP contribution in [0.25, 0.3) is 0 Å². The van der Waals surface area contributed by atoms with E-state index in [1.54, 1.807) is 6.07 Å². The second kappa shape index (κ2) is 5.45. The Kier molecular flexibility index (Phi) is 3.88. The highest BCUT2D eigenvalue weighted by molar-refractivity contribution is 5.38. The molecule has 0 bridgehead atoms. The normalized spacial score (nSPS) is 11.4. The highest BCUT2D eigenvalue weighted by Gasteiger charge is 2.33. The zero-order chi connectivity index (χ0) is 14.8. The summed E-state index contributed by atoms with van der Waals surface area (Å²) in [6.07, 6.45) is -4.56. The van der Waals surface area contributed by atoms with Gasteiger partial charge in [0.15, 0.2) is 0 Å². The van der Waals surface area contributed by atoms with Gasteiger partial charge in [0.1, 0.15) is 18.1 Å². The van der Waals surface area contributed by atoms with Crippen LogP contribution in [0.4, 0.5) is 13.2 Å². The van der Waals surface area contributed by atoms with Gasteiger partial charge in [0.05, 0.1) is 5.56 Å². The molecule has 2 rings (SSSR count). The number of aromatic hydroxyl groups is 1. The van der Waals surface area contributed by atoms with E-state index in [-0.39, 0.29) is 6.61 Å². The Hall–Kier alpha value is -2.17. The van der Waals surface area contributed by atoms with Gasteiger partial charge in [0.25, 0.3) is 0 Å². The molecular formula is C15H13F3O2. The molecule has 2 aromatic rings. The molecule has 0 radical (unpaired) electrons. The Morgan fingerprint density at radius 1 is 1.10 bits per heavy atom. The molecule has 0 aromatic heterocycles. The lowest BCUT2D eigenvalue weighted by Gasteiger charge is -2.11. The molecule has 5 heteroatoms. The fourth-order valence-electron chi connectivity index (χ4n) is 1.78. The topological polar surface area (TPSA) is 29.5 Å². The average Bonchev–Trinajstić information content (AvgIpc) is 2.35. The SMILES string of the molecule is Cc1cccc(OCc2ccc(C(F)(F)F)c(O)c2)c1. The molecular weight excluding hydrogens is 269 g/mol. The highest BCUT2D eigenvalue weighted by atomic mass is 19.4. The molecule has 0 aliphatic carbocycles. The monoisotopic (exact) mass is 282 g/mol. The van der Waals surface area contributed by atoms with Gasteiger partial charge in [-0.15, -0.1) is 0 Å². The van der Waals surface area contributed by atoms with E-state index in [0.717, 1.165) is 17.7 Å². The minimum absolute atomic E-state index is 0.0924. The van der Waals surface area contributed by atoms with Crippen molar-refractivity contribution >= 4 is 0 Å². The van der Waals surface area contributed by atoms with Crippen molar-refractivity contribution in [3.05, 3.63) is 59.2 Å². The van der Waals surface area contributed by atoms with Crippen molar-refractivity contribution in [2.45, 2.75) is 19.7 Å². The predicted octanol–water partition coefficient (Wildman–Crippen LogP) is 4.30. The van der Waals surface area contributed by atoms with Crippen LogP contribution in [0.1, 0.15) is 16.7 Å². The van der Waals surface area contributed by atoms with Crippen LogP contribution in [0, 0.1) is 6.92 Å². The van der Waals surface area contributed by atoms with Gasteiger partial charge in [0.2, 0.25) is 0 Å². The lowest BCUT2D eigenvalue weighted by Crippen LogP contribution is -2.06. The first-order chi connectivity index (χ1) is 9.36. The number of hydrogen-bond donors (Lipinski definition) is 1. The lowest BCUT2D eigenvalue weighted by molar-refractivity contribution is -0.138. The van der Waals surface area contributed by atoms with Crippen LogP contribution in [0.15, 0.2) is 42.5 Å². The summed E-state index contributed by atoms with van der Waals surface area (Å²) in [5, 5.41) is 9.39. The summed E-state index contributed by atoms with van der Waals surface area (Å²) in [7, 11) is 0. The number of phenolic OH excluding ortho intramolecular Hbond substituents is 1. The molecule has 0 saturated carbocycles. The van der Waals surface area contributed by atoms with Crippen LogP contribution >= 0.6 is 0 Å². The third kappa shape index (κ3) is 3.44. The van der Waals surface area contributed by atoms with Crippen molar-refractivity contribution in [3.8, 4) is 11.5 Å². The molecule has 0 aliphatic rings. The standard InChI is InChI=1S/C15H13F3O2/c1-10-3-2-4-12(7-10)20-9-11-5-6-13(14(19)8-11)15(16,17)18/h2-8,19H,9H2,1H3. The van der Waals surface area contributed by atoms with Crippen LogP contribution < -0.4 is 4.74 Å². The second-order valence-corrected chi connectivity index (χ2v) is 4.45. The first kappa shape index (κ1) is 14.2. The summed E-state index contributed by atoms with van der Waals surface area (Å²) in [5.74, 6) is -0.160. The van der Waals surface area contributed by atoms with Gasteiger partial charge in [-0.3, -0.25) is 0 Å². The third-order valence-electron chi connectivity index (χ3n) is 2.76. The Balaban J connectivity index is 2.10. The van der Waals surface area contributed by atoms with E-state index in [2.05, 4.69) is 0 Å². The van der Waals surface area contributed by atoms with Crippen LogP contribution in [0.5, 0.6) is 11.5 Å². The number of rotatable bonds is 3. The summed E-state index contributed by atoms with van der Waals surface area (Å²) in [6.45, 7) is 2.01. The molecule has 106 valence electrons. The Morgan fingerprint density at radius 3 is 2.45 bits per heavy atom. The number of phenols is 1. The van der Waals surface area contributed by atoms with Gasteiger partial charge in [-0.05, 0) is 42.3 Å². The molecule has 0 atom stereocenters. The first-order valence-corrected chi connectivity index (χ1v) is 5.95. The largest absolute Gasteiger partial charge is 0.507 e. The van der Waals surface area contributed by atoms with E-state index in [9.17, 15) is 18.3 Å². The van der Waals surface area contributed by atoms with E-state index in [4.69, 9.17) is 4.74 Å². The van der Waals surface area contributed by atoms with Gasteiger partial charge in [-0.2, -0.15) is 13.2 Å². The third-order valence-corrected chi connectivity index (χ3v) is 2.76. The minimum Gasteiger partial charge on any atom is -0.507 e. The Labute approximate surface area is 114 Å². The zero-order valence-electron chi connectivity index (χ0n) is 10.7. The summed E-state index contributed by atoms with van der Waals surface area (Å²) >= 11 is 0. The smallest absolute Gasteiger partial charge is 0.419 e. The van der Waals surface area contributed by atoms with Crippen molar-refractivity contribution in [1.82, 2.24) is 0 Å². The molecule has 0 spiro atoms. The number of hydrogen-bond acceptors (Lipinski definition) is 2. The fourth-order valence-corrected chi connectivity index (χ4v) is 1.78. The summed E-state index contributed by atoms with van der Waals surface area (Å²) < 4.78 is 42.9. The summed E-state index contributed by atoms with van der Waals surface area (Å²) in [6, 6.07) is 10.5. The van der Waals surface area contributed by atoms with E-state index in [1.807, 2.05) is 25.1 Å². The highest BCUT2D eigenvalue weighted by Crippen LogP contribution is 2.36. The number of ether oxygens (including phenoxy) is 1. The molecule has 0 amide bonds. The van der Waals surface area contributed by atoms with Gasteiger partial charge < -0.3 is 9.84 Å². The van der Waals surface area contributed by atoms with Crippen molar-refractivity contribution in [3.63, 3.8) is 0 Å². The Bertz CT molecular complexity index is 606. The van der Waals surface area contributed by atoms with Gasteiger partial charge in [-0.1, -0.05) is 18.2 Å². The molecule has 20 heavy (non-hydrogen) atoms. The summed E-state index contributed by atoms with van der Waals surface area (Å²) in [5.41, 5.74) is 0.451. The van der Waals surface area contributed by atoms with Crippen molar-refractivity contribution in [2.75, 3.05) is 0 Å². The maximum Gasteiger partial charge on any atom is 0.419 e. The first-order valence-electron chi connectivity index (χ1n) is 5.95. The molecule has 0 fully saturated rings. The number of aryl methyl sites for hydroxylation is 1. The lowest BCUT2D eigenvalue weighted by atomic mass is 10.1. The van der Waals surface area contributed by atoms with Crippen molar-refractivity contribution in [1.29, 1.82) is 0 Å². The van der Waals surface area contributed by atoms with E-state index >= 15 is 0 Å². The van der Waals surface area contributed by atoms with Gasteiger partial charge in [-0.25, -0.2) is 0 Å². The van der Waals surface area contributed by atoms with Gasteiger partial charge >= 0.3 is 6.18 Å². The van der Waals surface area contributed by atoms with Crippen molar-refractivity contribution < 1.29 is 23.0 Å². The second-order valence-electron chi connectivity index (χ2n) is 4.45. The summed E-state index contributed by atoms with van der Waals surface area (Å²) in [4.78, 5) is 0. The van der Waals surface area contributed by atoms with Crippen LogP contribution in [0.3, 0.4) is 0 Å². The van der Waals surface area contributed by atoms with Crippen LogP contribution in [-0.4, -0.2) is 5.11 Å². The minimum atomic E-state index is -4.56. The number of halogens is 3. The van der Waals surface area contributed by atoms with Crippen LogP contribution in [0.2, 0.25) is 0 Å². The maximum atomic E-state index is 12.5. The molecule has 0 unspecified atom stereocenters. The van der Waals surface area contributed by atoms with Crippen LogP contribution in [-0.2, 0) is 12.8 Å². The van der Waals surface area contributed by atoms with E-state index in [0.29, 0.717) is 11.3 Å². The molecule has 0 saturated heterocycles. The number of benzene rings is 2. The maximum absolute atomic E-state index is 12.5. The predicted molar refractivity (Wildman–Crippen MR) is 68.6 cm³/mol. The van der Waals surface area contributed by atoms with Gasteiger partial charge in [0, 0.05) is 0 Å². The molecule has 1 N–H and O–H groups in total. The quantitative estimate of drug-likeness (QED) is 0.909. The van der Waals surface area contributed by atoms with E-state index < -0.39 is 17.5 Å². The van der Waals surface area contributed by atoms with Crippen molar-refractivity contribution in [2.24, 2.45) is 0 Å².